The van der Waals surface area contributed by atoms with Gasteiger partial charge in [-0.15, -0.1) is 0 Å². The van der Waals surface area contributed by atoms with Gasteiger partial charge in [-0.25, -0.2) is 4.98 Å². The Hall–Kier alpha value is -3.49. The highest BCUT2D eigenvalue weighted by atomic mass is 32.2. The molecule has 158 valence electrons. The Labute approximate surface area is 185 Å². The zero-order valence-electron chi connectivity index (χ0n) is 17.3. The number of fused-ring (bicyclic) bond motifs is 1. The van der Waals surface area contributed by atoms with Crippen LogP contribution in [0.5, 0.6) is 5.75 Å². The molecular formula is C23H23N5O2S. The average Bonchev–Trinajstić information content (AvgIpc) is 3.17. The molecule has 3 rings (SSSR count). The number of carbonyl (C=O) groups is 1. The Kier molecular flexibility index (Phi) is 7.91. The van der Waals surface area contributed by atoms with E-state index in [1.807, 2.05) is 60.0 Å². The lowest BCUT2D eigenvalue weighted by molar-refractivity contribution is -0.128. The minimum atomic E-state index is -0.110. The van der Waals surface area contributed by atoms with Gasteiger partial charge < -0.3 is 9.64 Å². The van der Waals surface area contributed by atoms with Crippen LogP contribution in [0.1, 0.15) is 19.8 Å². The lowest BCUT2D eigenvalue weighted by atomic mass is 10.2. The van der Waals surface area contributed by atoms with E-state index in [0.29, 0.717) is 24.9 Å². The second kappa shape index (κ2) is 11.1. The third-order valence-corrected chi connectivity index (χ3v) is 5.52. The van der Waals surface area contributed by atoms with Crippen LogP contribution in [0, 0.1) is 22.7 Å². The van der Waals surface area contributed by atoms with Crippen molar-refractivity contribution in [1.29, 1.82) is 10.5 Å². The number of imidazole rings is 1. The van der Waals surface area contributed by atoms with Gasteiger partial charge in [0.05, 0.1) is 48.4 Å². The summed E-state index contributed by atoms with van der Waals surface area (Å²) in [5, 5.41) is 18.4. The van der Waals surface area contributed by atoms with Crippen molar-refractivity contribution in [1.82, 2.24) is 14.5 Å². The molecule has 1 amide bonds. The monoisotopic (exact) mass is 433 g/mol. The highest BCUT2D eigenvalue weighted by molar-refractivity contribution is 7.99. The molecule has 0 spiro atoms. The quantitative estimate of drug-likeness (QED) is 0.445. The van der Waals surface area contributed by atoms with E-state index in [1.165, 1.54) is 11.8 Å². The van der Waals surface area contributed by atoms with E-state index in [2.05, 4.69) is 12.1 Å². The number of nitrogens with zero attached hydrogens (tertiary/aromatic N) is 5. The van der Waals surface area contributed by atoms with Crippen molar-refractivity contribution in [2.75, 3.05) is 25.4 Å². The van der Waals surface area contributed by atoms with Gasteiger partial charge in [-0.05, 0) is 43.3 Å². The van der Waals surface area contributed by atoms with Crippen molar-refractivity contribution in [3.63, 3.8) is 0 Å². The van der Waals surface area contributed by atoms with Crippen LogP contribution in [0.3, 0.4) is 0 Å². The van der Waals surface area contributed by atoms with Crippen molar-refractivity contribution in [2.45, 2.75) is 24.9 Å². The molecule has 1 aromatic heterocycles. The first-order chi connectivity index (χ1) is 15.2. The van der Waals surface area contributed by atoms with Crippen LogP contribution in [0.15, 0.2) is 53.7 Å². The number of para-hydroxylation sites is 2. The summed E-state index contributed by atoms with van der Waals surface area (Å²) in [6, 6.07) is 19.7. The fraction of sp³-hybridized carbons (Fsp3) is 0.304. The summed E-state index contributed by atoms with van der Waals surface area (Å²) in [6.45, 7) is 3.20. The summed E-state index contributed by atoms with van der Waals surface area (Å²) in [4.78, 5) is 19.0. The van der Waals surface area contributed by atoms with Crippen molar-refractivity contribution >= 4 is 28.7 Å². The molecule has 0 saturated heterocycles. The lowest BCUT2D eigenvalue weighted by Crippen LogP contribution is -2.34. The van der Waals surface area contributed by atoms with Crippen LogP contribution >= 0.6 is 11.8 Å². The number of hydrogen-bond donors (Lipinski definition) is 0. The molecule has 0 aliphatic carbocycles. The molecule has 0 aliphatic heterocycles. The maximum atomic E-state index is 12.7. The van der Waals surface area contributed by atoms with E-state index in [1.54, 1.807) is 4.90 Å². The molecule has 0 N–H and O–H groups in total. The third kappa shape index (κ3) is 5.56. The molecule has 0 aliphatic rings. The van der Waals surface area contributed by atoms with E-state index < -0.39 is 0 Å². The van der Waals surface area contributed by atoms with E-state index >= 15 is 0 Å². The molecular weight excluding hydrogens is 410 g/mol. The van der Waals surface area contributed by atoms with Gasteiger partial charge in [-0.3, -0.25) is 9.36 Å². The Bertz CT molecular complexity index is 1090. The predicted octanol–water partition coefficient (Wildman–Crippen LogP) is 4.17. The first-order valence-corrected chi connectivity index (χ1v) is 11.0. The van der Waals surface area contributed by atoms with Crippen LogP contribution in [0.2, 0.25) is 0 Å². The summed E-state index contributed by atoms with van der Waals surface area (Å²) in [7, 11) is 0. The lowest BCUT2D eigenvalue weighted by Gasteiger charge is -2.20. The fourth-order valence-corrected chi connectivity index (χ4v) is 4.09. The summed E-state index contributed by atoms with van der Waals surface area (Å²) in [5.41, 5.74) is 2.72. The Balaban J connectivity index is 1.85. The number of carbonyl (C=O) groups excluding carboxylic acids is 1. The van der Waals surface area contributed by atoms with Crippen LogP contribution < -0.4 is 4.74 Å². The van der Waals surface area contributed by atoms with Gasteiger partial charge in [-0.2, -0.15) is 10.5 Å². The fourth-order valence-electron chi connectivity index (χ4n) is 3.16. The second-order valence-electron chi connectivity index (χ2n) is 6.63. The largest absolute Gasteiger partial charge is 0.494 e. The van der Waals surface area contributed by atoms with Crippen molar-refractivity contribution in [2.24, 2.45) is 0 Å². The highest BCUT2D eigenvalue weighted by Crippen LogP contribution is 2.29. The van der Waals surface area contributed by atoms with Gasteiger partial charge in [0, 0.05) is 18.8 Å². The number of thioether (sulfide) groups is 1. The van der Waals surface area contributed by atoms with E-state index in [0.717, 1.165) is 22.5 Å². The minimum Gasteiger partial charge on any atom is -0.494 e. The van der Waals surface area contributed by atoms with Gasteiger partial charge >= 0.3 is 0 Å². The summed E-state index contributed by atoms with van der Waals surface area (Å²) in [6.07, 6.45) is 0.485. The first kappa shape index (κ1) is 22.2. The number of aromatic nitrogens is 2. The van der Waals surface area contributed by atoms with Gasteiger partial charge in [0.25, 0.3) is 0 Å². The Morgan fingerprint density at radius 1 is 1.10 bits per heavy atom. The maximum absolute atomic E-state index is 12.7. The summed E-state index contributed by atoms with van der Waals surface area (Å²) in [5.74, 6) is 0.864. The highest BCUT2D eigenvalue weighted by Gasteiger charge is 2.18. The molecule has 0 saturated carbocycles. The standard InChI is InChI=1S/C23H23N5O2S/c1-2-30-19-11-9-18(10-12-19)28-21-8-4-3-7-20(21)26-23(28)31-17-22(29)27(15-5-13-24)16-6-14-25/h3-4,7-12H,2,5-6,15-17H2,1H3. The summed E-state index contributed by atoms with van der Waals surface area (Å²) < 4.78 is 7.57. The number of hydrogen-bond acceptors (Lipinski definition) is 6. The van der Waals surface area contributed by atoms with Gasteiger partial charge in [-0.1, -0.05) is 23.9 Å². The van der Waals surface area contributed by atoms with Gasteiger partial charge in [0.2, 0.25) is 5.91 Å². The molecule has 0 atom stereocenters. The number of nitriles is 2. The first-order valence-electron chi connectivity index (χ1n) is 10.0. The van der Waals surface area contributed by atoms with Crippen LogP contribution in [0.4, 0.5) is 0 Å². The molecule has 0 unspecified atom stereocenters. The van der Waals surface area contributed by atoms with E-state index in [9.17, 15) is 4.79 Å². The van der Waals surface area contributed by atoms with Gasteiger partial charge in [0.15, 0.2) is 5.16 Å². The SMILES string of the molecule is CCOc1ccc(-n2c(SCC(=O)N(CCC#N)CCC#N)nc3ccccc32)cc1. The molecule has 3 aromatic rings. The number of rotatable bonds is 10. The van der Waals surface area contributed by atoms with Crippen LogP contribution in [-0.2, 0) is 4.79 Å². The summed E-state index contributed by atoms with van der Waals surface area (Å²) >= 11 is 1.35. The van der Waals surface area contributed by atoms with Crippen molar-refractivity contribution in [3.8, 4) is 23.6 Å². The molecule has 0 fully saturated rings. The molecule has 1 heterocycles. The third-order valence-electron chi connectivity index (χ3n) is 4.60. The predicted molar refractivity (Wildman–Crippen MR) is 120 cm³/mol. The second-order valence-corrected chi connectivity index (χ2v) is 7.57. The number of ether oxygens (including phenoxy) is 1. The average molecular weight is 434 g/mol. The Morgan fingerprint density at radius 2 is 1.77 bits per heavy atom. The topological polar surface area (TPSA) is 94.9 Å². The molecule has 8 heteroatoms. The number of amides is 1. The van der Waals surface area contributed by atoms with E-state index in [4.69, 9.17) is 20.2 Å². The molecule has 7 nitrogen and oxygen atoms in total. The van der Waals surface area contributed by atoms with Crippen molar-refractivity contribution in [3.05, 3.63) is 48.5 Å². The maximum Gasteiger partial charge on any atom is 0.233 e. The van der Waals surface area contributed by atoms with Crippen LogP contribution in [-0.4, -0.2) is 45.8 Å². The van der Waals surface area contributed by atoms with Gasteiger partial charge in [0.1, 0.15) is 5.75 Å². The molecule has 2 aromatic carbocycles. The zero-order chi connectivity index (χ0) is 22.1. The normalized spacial score (nSPS) is 10.4. The van der Waals surface area contributed by atoms with E-state index in [-0.39, 0.29) is 24.5 Å². The number of benzene rings is 2. The zero-order valence-corrected chi connectivity index (χ0v) is 18.1. The minimum absolute atomic E-state index is 0.110. The van der Waals surface area contributed by atoms with Crippen LogP contribution in [0.25, 0.3) is 16.7 Å². The molecule has 0 radical (unpaired) electrons. The molecule has 0 bridgehead atoms. The smallest absolute Gasteiger partial charge is 0.233 e. The van der Waals surface area contributed by atoms with Crippen molar-refractivity contribution < 1.29 is 9.53 Å². The molecule has 31 heavy (non-hydrogen) atoms. The Morgan fingerprint density at radius 3 is 2.42 bits per heavy atom.